The van der Waals surface area contributed by atoms with Crippen molar-refractivity contribution in [2.24, 2.45) is 0 Å². The molecule has 0 aliphatic rings. The van der Waals surface area contributed by atoms with Gasteiger partial charge in [-0.1, -0.05) is 23.7 Å². The molecule has 0 aliphatic carbocycles. The molecule has 0 aliphatic heterocycles. The summed E-state index contributed by atoms with van der Waals surface area (Å²) in [6.45, 7) is 6.14. The lowest BCUT2D eigenvalue weighted by Gasteiger charge is -2.33. The first kappa shape index (κ1) is 29.8. The Hall–Kier alpha value is -3.38. The van der Waals surface area contributed by atoms with E-state index in [4.69, 9.17) is 16.3 Å². The van der Waals surface area contributed by atoms with Crippen molar-refractivity contribution in [3.8, 4) is 5.75 Å². The maximum atomic E-state index is 13.6. The van der Waals surface area contributed by atoms with E-state index in [1.807, 2.05) is 0 Å². The Morgan fingerprint density at radius 1 is 1.19 bits per heavy atom. The van der Waals surface area contributed by atoms with E-state index in [-0.39, 0.29) is 23.7 Å². The number of benzene rings is 2. The summed E-state index contributed by atoms with van der Waals surface area (Å²) in [5, 5.41) is 14.6. The maximum absolute atomic E-state index is 13.6. The fourth-order valence-corrected chi connectivity index (χ4v) is 4.53. The molecule has 1 atom stereocenters. The standard InChI is InChI=1S/C24H31ClN4O7S/c1-16(23(31)26-24(2,3)4)27(14-17-8-7-9-18(25)12-17)22(30)15-28(37(6,34)35)20-13-19(29(32)33)10-11-21(20)36-5/h7-13,16H,14-15H2,1-6H3,(H,26,31)/t16-/m0/s1. The second kappa shape index (κ2) is 11.8. The van der Waals surface area contributed by atoms with Crippen molar-refractivity contribution in [1.82, 2.24) is 10.2 Å². The number of nitrogens with one attached hydrogen (secondary N) is 1. The molecule has 0 bridgehead atoms. The summed E-state index contributed by atoms with van der Waals surface area (Å²) in [7, 11) is -2.84. The van der Waals surface area contributed by atoms with Crippen molar-refractivity contribution in [2.75, 3.05) is 24.2 Å². The number of nitro groups is 1. The van der Waals surface area contributed by atoms with Crippen molar-refractivity contribution < 1.29 is 27.7 Å². The highest BCUT2D eigenvalue weighted by atomic mass is 35.5. The second-order valence-electron chi connectivity index (χ2n) is 9.45. The fraction of sp³-hybridized carbons (Fsp3) is 0.417. The van der Waals surface area contributed by atoms with E-state index in [1.165, 1.54) is 25.0 Å². The first-order valence-electron chi connectivity index (χ1n) is 11.2. The molecule has 2 aromatic carbocycles. The monoisotopic (exact) mass is 554 g/mol. The van der Waals surface area contributed by atoms with Crippen molar-refractivity contribution >= 4 is 44.8 Å². The average Bonchev–Trinajstić information content (AvgIpc) is 2.78. The molecular weight excluding hydrogens is 524 g/mol. The van der Waals surface area contributed by atoms with E-state index in [2.05, 4.69) is 5.32 Å². The number of rotatable bonds is 10. The third-order valence-electron chi connectivity index (χ3n) is 5.23. The van der Waals surface area contributed by atoms with E-state index in [1.54, 1.807) is 45.0 Å². The molecule has 0 radical (unpaired) electrons. The quantitative estimate of drug-likeness (QED) is 0.351. The number of ether oxygens (including phenoxy) is 1. The zero-order chi connectivity index (χ0) is 28.1. The van der Waals surface area contributed by atoms with E-state index < -0.39 is 44.9 Å². The van der Waals surface area contributed by atoms with Crippen LogP contribution >= 0.6 is 11.6 Å². The zero-order valence-electron chi connectivity index (χ0n) is 21.5. The van der Waals surface area contributed by atoms with Gasteiger partial charge in [-0.25, -0.2) is 8.42 Å². The predicted molar refractivity (Wildman–Crippen MR) is 141 cm³/mol. The van der Waals surface area contributed by atoms with Crippen LogP contribution < -0.4 is 14.4 Å². The smallest absolute Gasteiger partial charge is 0.271 e. The molecule has 2 aromatic rings. The topological polar surface area (TPSA) is 139 Å². The lowest BCUT2D eigenvalue weighted by Crippen LogP contribution is -2.54. The van der Waals surface area contributed by atoms with E-state index in [0.29, 0.717) is 10.6 Å². The molecule has 2 rings (SSSR count). The van der Waals surface area contributed by atoms with Crippen LogP contribution in [0.15, 0.2) is 42.5 Å². The minimum Gasteiger partial charge on any atom is -0.495 e. The molecule has 2 amide bonds. The van der Waals surface area contributed by atoms with Crippen LogP contribution in [0.4, 0.5) is 11.4 Å². The minimum absolute atomic E-state index is 0.0174. The van der Waals surface area contributed by atoms with Gasteiger partial charge in [0, 0.05) is 29.2 Å². The summed E-state index contributed by atoms with van der Waals surface area (Å²) in [5.41, 5.74) is -0.520. The van der Waals surface area contributed by atoms with Crippen molar-refractivity contribution in [3.63, 3.8) is 0 Å². The molecule has 202 valence electrons. The number of nitrogens with zero attached hydrogens (tertiary/aromatic N) is 3. The van der Waals surface area contributed by atoms with Crippen LogP contribution in [0.5, 0.6) is 5.75 Å². The Morgan fingerprint density at radius 2 is 1.84 bits per heavy atom. The largest absolute Gasteiger partial charge is 0.495 e. The van der Waals surface area contributed by atoms with Crippen LogP contribution in [0.1, 0.15) is 33.3 Å². The molecule has 11 nitrogen and oxygen atoms in total. The van der Waals surface area contributed by atoms with Crippen LogP contribution in [0.25, 0.3) is 0 Å². The molecule has 0 heterocycles. The molecule has 0 saturated heterocycles. The summed E-state index contributed by atoms with van der Waals surface area (Å²) in [6.07, 6.45) is 0.871. The number of hydrogen-bond acceptors (Lipinski definition) is 7. The highest BCUT2D eigenvalue weighted by Crippen LogP contribution is 2.34. The van der Waals surface area contributed by atoms with Crippen LogP contribution in [0.3, 0.4) is 0 Å². The summed E-state index contributed by atoms with van der Waals surface area (Å²) in [4.78, 5) is 38.5. The van der Waals surface area contributed by atoms with Gasteiger partial charge in [-0.2, -0.15) is 0 Å². The number of halogens is 1. The summed E-state index contributed by atoms with van der Waals surface area (Å²) in [6, 6.07) is 9.15. The number of methoxy groups -OCH3 is 1. The van der Waals surface area contributed by atoms with E-state index in [9.17, 15) is 28.1 Å². The molecular formula is C24H31ClN4O7S. The van der Waals surface area contributed by atoms with E-state index in [0.717, 1.165) is 22.7 Å². The van der Waals surface area contributed by atoms with Crippen LogP contribution in [0.2, 0.25) is 5.02 Å². The predicted octanol–water partition coefficient (Wildman–Crippen LogP) is 3.35. The Balaban J connectivity index is 2.53. The molecule has 0 aromatic heterocycles. The molecule has 37 heavy (non-hydrogen) atoms. The van der Waals surface area contributed by atoms with Gasteiger partial charge in [0.1, 0.15) is 24.0 Å². The molecule has 0 saturated carbocycles. The summed E-state index contributed by atoms with van der Waals surface area (Å²) in [5.74, 6) is -1.14. The molecule has 0 fully saturated rings. The van der Waals surface area contributed by atoms with Gasteiger partial charge in [-0.05, 0) is 51.5 Å². The summed E-state index contributed by atoms with van der Waals surface area (Å²) >= 11 is 6.10. The molecule has 1 N–H and O–H groups in total. The lowest BCUT2D eigenvalue weighted by atomic mass is 10.1. The number of sulfonamides is 1. The third-order valence-corrected chi connectivity index (χ3v) is 6.59. The van der Waals surface area contributed by atoms with Gasteiger partial charge in [0.2, 0.25) is 21.8 Å². The van der Waals surface area contributed by atoms with Crippen molar-refractivity contribution in [2.45, 2.75) is 45.8 Å². The van der Waals surface area contributed by atoms with Gasteiger partial charge in [-0.15, -0.1) is 0 Å². The molecule has 0 unspecified atom stereocenters. The highest BCUT2D eigenvalue weighted by Gasteiger charge is 2.33. The number of hydrogen-bond donors (Lipinski definition) is 1. The Bertz CT molecular complexity index is 1280. The fourth-order valence-electron chi connectivity index (χ4n) is 3.47. The Labute approximate surface area is 221 Å². The Kier molecular flexibility index (Phi) is 9.50. The third kappa shape index (κ3) is 8.32. The van der Waals surface area contributed by atoms with Gasteiger partial charge in [0.15, 0.2) is 0 Å². The SMILES string of the molecule is COc1ccc([N+](=O)[O-])cc1N(CC(=O)N(Cc1cccc(Cl)c1)[C@@H](C)C(=O)NC(C)(C)C)S(C)(=O)=O. The molecule has 13 heteroatoms. The van der Waals surface area contributed by atoms with E-state index >= 15 is 0 Å². The second-order valence-corrected chi connectivity index (χ2v) is 11.8. The number of carbonyl (C=O) groups excluding carboxylic acids is 2. The van der Waals surface area contributed by atoms with Crippen LogP contribution in [0, 0.1) is 10.1 Å². The molecule has 0 spiro atoms. The average molecular weight is 555 g/mol. The highest BCUT2D eigenvalue weighted by molar-refractivity contribution is 7.92. The number of non-ortho nitro benzene ring substituents is 1. The maximum Gasteiger partial charge on any atom is 0.271 e. The number of anilines is 1. The van der Waals surface area contributed by atoms with Crippen molar-refractivity contribution in [3.05, 3.63) is 63.2 Å². The zero-order valence-corrected chi connectivity index (χ0v) is 23.1. The van der Waals surface area contributed by atoms with Crippen LogP contribution in [-0.4, -0.2) is 61.5 Å². The minimum atomic E-state index is -4.11. The van der Waals surface area contributed by atoms with Gasteiger partial charge >= 0.3 is 0 Å². The van der Waals surface area contributed by atoms with Gasteiger partial charge in [0.25, 0.3) is 5.69 Å². The van der Waals surface area contributed by atoms with Gasteiger partial charge < -0.3 is 15.0 Å². The number of carbonyl (C=O) groups is 2. The first-order chi connectivity index (χ1) is 17.0. The van der Waals surface area contributed by atoms with Gasteiger partial charge in [0.05, 0.1) is 18.3 Å². The first-order valence-corrected chi connectivity index (χ1v) is 13.4. The number of amides is 2. The van der Waals surface area contributed by atoms with Crippen LogP contribution in [-0.2, 0) is 26.2 Å². The lowest BCUT2D eigenvalue weighted by molar-refractivity contribution is -0.384. The number of nitro benzene ring substituents is 1. The van der Waals surface area contributed by atoms with Gasteiger partial charge in [-0.3, -0.25) is 24.0 Å². The Morgan fingerprint density at radius 3 is 2.35 bits per heavy atom. The normalized spacial score (nSPS) is 12.4. The van der Waals surface area contributed by atoms with Crippen molar-refractivity contribution in [1.29, 1.82) is 0 Å². The summed E-state index contributed by atoms with van der Waals surface area (Å²) < 4.78 is 31.5.